The monoisotopic (exact) mass is 214 g/mol. The molecule has 0 amide bonds. The van der Waals surface area contributed by atoms with Gasteiger partial charge >= 0.3 is 19.5 Å². The Morgan fingerprint density at radius 2 is 1.33 bits per heavy atom. The van der Waals surface area contributed by atoms with Crippen LogP contribution in [0.3, 0.4) is 0 Å². The van der Waals surface area contributed by atoms with E-state index in [9.17, 15) is 0 Å². The molecule has 0 heterocycles. The molecule has 0 aliphatic heterocycles. The van der Waals surface area contributed by atoms with Crippen molar-refractivity contribution in [1.29, 1.82) is 0 Å². The quantitative estimate of drug-likeness (QED) is 0.480. The first kappa shape index (κ1) is 15.9. The van der Waals surface area contributed by atoms with E-state index < -0.39 is 0 Å². The molecule has 2 radical (unpaired) electrons. The fourth-order valence-corrected chi connectivity index (χ4v) is 0. The van der Waals surface area contributed by atoms with Crippen LogP contribution in [-0.2, 0) is 24.3 Å². The summed E-state index contributed by atoms with van der Waals surface area (Å²) in [5.74, 6) is 0. The fourth-order valence-electron chi connectivity index (χ4n) is 0. The van der Waals surface area contributed by atoms with Crippen LogP contribution < -0.4 is 0 Å². The molecule has 0 aliphatic rings. The van der Waals surface area contributed by atoms with E-state index >= 15 is 0 Å². The Bertz CT molecular complexity index is 92.6. The first-order valence-corrected chi connectivity index (χ1v) is 2.16. The molecule has 0 aromatic rings. The van der Waals surface area contributed by atoms with Crippen LogP contribution in [0, 0.1) is 0 Å². The zero-order valence-corrected chi connectivity index (χ0v) is 7.41. The van der Waals surface area contributed by atoms with E-state index in [0.29, 0.717) is 0 Å². The Balaban J connectivity index is -0.0000000222. The molecule has 0 N–H and O–H groups in total. The van der Waals surface area contributed by atoms with Crippen molar-refractivity contribution < 1.29 is 27.1 Å². The van der Waals surface area contributed by atoms with Crippen LogP contribution in [0.5, 0.6) is 0 Å². The summed E-state index contributed by atoms with van der Waals surface area (Å²) >= 11 is 0. The van der Waals surface area contributed by atoms with Gasteiger partial charge in [-0.25, -0.2) is 0 Å². The Labute approximate surface area is 72.6 Å². The molecule has 9 heavy (non-hydrogen) atoms. The Hall–Kier alpha value is -0.227. The third-order valence-corrected chi connectivity index (χ3v) is 0.729. The largest absolute Gasteiger partial charge is 2.00 e. The van der Waals surface area contributed by atoms with Crippen LogP contribution in [0.1, 0.15) is 16.7 Å². The first-order valence-electron chi connectivity index (χ1n) is 2.16. The summed E-state index contributed by atoms with van der Waals surface area (Å²) in [5.41, 5.74) is 2.13. The van der Waals surface area contributed by atoms with Gasteiger partial charge in [-0.2, -0.15) is 0 Å². The molecular formula is C7H12ORu. The van der Waals surface area contributed by atoms with Crippen molar-refractivity contribution in [3.63, 3.8) is 0 Å². The van der Waals surface area contributed by atoms with Gasteiger partial charge in [0.05, 0.1) is 0 Å². The van der Waals surface area contributed by atoms with Crippen LogP contribution in [0.25, 0.3) is 0 Å². The molecule has 54 valence electrons. The zero-order valence-electron chi connectivity index (χ0n) is 7.68. The summed E-state index contributed by atoms with van der Waals surface area (Å²) < 4.78 is 0. The van der Waals surface area contributed by atoms with Gasteiger partial charge in [-0.15, -0.1) is 0 Å². The van der Waals surface area contributed by atoms with Gasteiger partial charge in [0.15, 0.2) is 0 Å². The molecule has 0 bridgehead atoms. The maximum Gasteiger partial charge on any atom is 2.00 e. The molecule has 0 saturated heterocycles. The molecule has 0 aliphatic carbocycles. The van der Waals surface area contributed by atoms with E-state index in [2.05, 4.69) is 19.9 Å². The maximum absolute atomic E-state index is 7.50. The molecule has 0 atom stereocenters. The van der Waals surface area contributed by atoms with E-state index in [-0.39, 0.29) is 22.3 Å². The predicted molar refractivity (Wildman–Crippen MR) is 37.5 cm³/mol. The van der Waals surface area contributed by atoms with E-state index in [0.717, 1.165) is 11.1 Å². The number of hydrogen-bond acceptors (Lipinski definition) is 1. The van der Waals surface area contributed by atoms with Crippen molar-refractivity contribution in [3.8, 4) is 0 Å². The van der Waals surface area contributed by atoms with Crippen molar-refractivity contribution in [1.82, 2.24) is 0 Å². The van der Waals surface area contributed by atoms with Crippen molar-refractivity contribution in [2.24, 2.45) is 0 Å². The fraction of sp³-hybridized carbons (Fsp3) is 0.286. The van der Waals surface area contributed by atoms with Gasteiger partial charge in [-0.3, -0.25) is 4.79 Å². The molecule has 0 unspecified atom stereocenters. The van der Waals surface area contributed by atoms with Gasteiger partial charge in [0, 0.05) is 0 Å². The van der Waals surface area contributed by atoms with Crippen LogP contribution in [0.2, 0.25) is 0 Å². The molecule has 1 nitrogen and oxygen atoms in total. The molecular weight excluding hydrogens is 201 g/mol. The van der Waals surface area contributed by atoms with E-state index in [1.54, 1.807) is 0 Å². The number of hydrogen-bond donors (Lipinski definition) is 0. The standard InChI is InChI=1S/C6H10.CO.Ru.2H/c1-5(2)6(3)4;1-2;;;/h1,3H2,2,4H3;;;;/q;;+2;2*-1. The molecule has 0 rings (SSSR count). The van der Waals surface area contributed by atoms with Gasteiger partial charge in [-0.05, 0) is 13.8 Å². The van der Waals surface area contributed by atoms with Crippen LogP contribution in [0.15, 0.2) is 24.3 Å². The van der Waals surface area contributed by atoms with Gasteiger partial charge in [-0.1, -0.05) is 24.3 Å². The second kappa shape index (κ2) is 10.7. The zero-order chi connectivity index (χ0) is 7.15. The van der Waals surface area contributed by atoms with E-state index in [1.165, 1.54) is 0 Å². The first-order chi connectivity index (χ1) is 3.64. The normalized spacial score (nSPS) is 5.56. The van der Waals surface area contributed by atoms with Crippen molar-refractivity contribution >= 4 is 6.79 Å². The van der Waals surface area contributed by atoms with Crippen molar-refractivity contribution in [2.75, 3.05) is 0 Å². The maximum atomic E-state index is 7.50. The summed E-state index contributed by atoms with van der Waals surface area (Å²) in [4.78, 5) is 7.50. The van der Waals surface area contributed by atoms with Crippen molar-refractivity contribution in [3.05, 3.63) is 24.3 Å². The molecule has 0 aromatic carbocycles. The van der Waals surface area contributed by atoms with Crippen LogP contribution >= 0.6 is 0 Å². The number of rotatable bonds is 1. The second-order valence-electron chi connectivity index (χ2n) is 1.56. The third-order valence-electron chi connectivity index (χ3n) is 0.729. The minimum atomic E-state index is 0. The predicted octanol–water partition coefficient (Wildman–Crippen LogP) is 1.96. The Kier molecular flexibility index (Phi) is 18.9. The Morgan fingerprint density at radius 3 is 1.33 bits per heavy atom. The van der Waals surface area contributed by atoms with E-state index in [4.69, 9.17) is 4.79 Å². The second-order valence-corrected chi connectivity index (χ2v) is 1.56. The van der Waals surface area contributed by atoms with Crippen molar-refractivity contribution in [2.45, 2.75) is 13.8 Å². The summed E-state index contributed by atoms with van der Waals surface area (Å²) in [7, 11) is 0. The molecule has 0 spiro atoms. The molecule has 2 heteroatoms. The Morgan fingerprint density at radius 1 is 1.22 bits per heavy atom. The molecule has 0 aromatic heterocycles. The summed E-state index contributed by atoms with van der Waals surface area (Å²) in [6.45, 7) is 15.7. The van der Waals surface area contributed by atoms with Gasteiger partial charge in [0.25, 0.3) is 6.79 Å². The third kappa shape index (κ3) is 18.2. The number of carbonyl (C=O) groups excluding carboxylic acids is 1. The smallest absolute Gasteiger partial charge is 1.00 e. The van der Waals surface area contributed by atoms with Crippen LogP contribution in [-0.4, -0.2) is 6.79 Å². The van der Waals surface area contributed by atoms with Crippen LogP contribution in [0.4, 0.5) is 0 Å². The molecule has 0 fully saturated rings. The average molecular weight is 213 g/mol. The average Bonchev–Trinajstić information content (AvgIpc) is 1.72. The summed E-state index contributed by atoms with van der Waals surface area (Å²) in [6, 6.07) is 0. The minimum Gasteiger partial charge on any atom is -1.00 e. The SMILES string of the molecule is C=C(C)C(=C)C.[C]=O.[H-].[H-].[Ru+2]. The number of allylic oxidation sites excluding steroid dienone is 2. The minimum absolute atomic E-state index is 0. The summed E-state index contributed by atoms with van der Waals surface area (Å²) in [5, 5.41) is 0. The summed E-state index contributed by atoms with van der Waals surface area (Å²) in [6.07, 6.45) is 0. The van der Waals surface area contributed by atoms with E-state index in [1.807, 2.05) is 13.8 Å². The van der Waals surface area contributed by atoms with Gasteiger partial charge < -0.3 is 2.85 Å². The van der Waals surface area contributed by atoms with Gasteiger partial charge in [0.2, 0.25) is 0 Å². The van der Waals surface area contributed by atoms with Gasteiger partial charge in [0.1, 0.15) is 0 Å². The topological polar surface area (TPSA) is 17.1 Å². The molecule has 0 saturated carbocycles.